The lowest BCUT2D eigenvalue weighted by molar-refractivity contribution is -0.144. The molecule has 2 aromatic rings. The second kappa shape index (κ2) is 7.05. The van der Waals surface area contributed by atoms with E-state index in [-0.39, 0.29) is 0 Å². The normalized spacial score (nSPS) is 15.5. The van der Waals surface area contributed by atoms with Crippen molar-refractivity contribution < 1.29 is 14.6 Å². The molecule has 3 rings (SSSR count). The second-order valence-corrected chi connectivity index (χ2v) is 6.47. The fourth-order valence-corrected chi connectivity index (χ4v) is 2.68. The van der Waals surface area contributed by atoms with E-state index in [1.807, 2.05) is 31.3 Å². The van der Waals surface area contributed by atoms with Gasteiger partial charge in [0.2, 0.25) is 0 Å². The number of benzene rings is 1. The van der Waals surface area contributed by atoms with E-state index < -0.39 is 12.1 Å². The number of H-pyrrole nitrogens is 1. The van der Waals surface area contributed by atoms with Crippen LogP contribution in [0.2, 0.25) is 0 Å². The lowest BCUT2D eigenvalue weighted by atomic mass is 10.2. The minimum Gasteiger partial charge on any atom is -0.479 e. The highest BCUT2D eigenvalue weighted by Crippen LogP contribution is 2.39. The molecule has 24 heavy (non-hydrogen) atoms. The predicted molar refractivity (Wildman–Crippen MR) is 89.9 cm³/mol. The first-order chi connectivity index (χ1) is 11.5. The molecule has 1 aliphatic carbocycles. The molecular weight excluding hydrogens is 306 g/mol. The number of carboxylic acids is 1. The molecule has 0 unspecified atom stereocenters. The molecule has 0 spiro atoms. The number of carbonyl (C=O) groups is 1. The zero-order valence-electron chi connectivity index (χ0n) is 14.0. The zero-order chi connectivity index (χ0) is 17.1. The van der Waals surface area contributed by atoms with Crippen molar-refractivity contribution in [3.63, 3.8) is 0 Å². The summed E-state index contributed by atoms with van der Waals surface area (Å²) in [5.74, 6) is 0.290. The van der Waals surface area contributed by atoms with Gasteiger partial charge < -0.3 is 9.84 Å². The molecule has 1 saturated carbocycles. The lowest BCUT2D eigenvalue weighted by Crippen LogP contribution is -2.24. The first-order valence-electron chi connectivity index (χ1n) is 8.23. The van der Waals surface area contributed by atoms with Gasteiger partial charge in [0.1, 0.15) is 5.75 Å². The van der Waals surface area contributed by atoms with Crippen LogP contribution < -0.4 is 4.74 Å². The van der Waals surface area contributed by atoms with Crippen molar-refractivity contribution in [3.05, 3.63) is 47.3 Å². The number of nitrogens with zero attached hydrogens (tertiary/aromatic N) is 2. The highest BCUT2D eigenvalue weighted by molar-refractivity contribution is 5.72. The molecule has 128 valence electrons. The zero-order valence-corrected chi connectivity index (χ0v) is 14.0. The molecule has 1 aliphatic rings. The minimum absolute atomic E-state index is 0.613. The van der Waals surface area contributed by atoms with Crippen molar-refractivity contribution in [3.8, 4) is 5.75 Å². The van der Waals surface area contributed by atoms with Gasteiger partial charge in [0.15, 0.2) is 6.10 Å². The lowest BCUT2D eigenvalue weighted by Gasteiger charge is -2.19. The van der Waals surface area contributed by atoms with Crippen LogP contribution in [-0.2, 0) is 17.9 Å². The summed E-state index contributed by atoms with van der Waals surface area (Å²) in [6.45, 7) is 2.95. The molecular formula is C18H23N3O3. The van der Waals surface area contributed by atoms with Gasteiger partial charge in [0, 0.05) is 30.3 Å². The number of aromatic amines is 1. The van der Waals surface area contributed by atoms with Gasteiger partial charge in [0.05, 0.1) is 5.69 Å². The number of carboxylic acid groups (broad SMARTS) is 1. The summed E-state index contributed by atoms with van der Waals surface area (Å²) < 4.78 is 5.56. The van der Waals surface area contributed by atoms with Crippen molar-refractivity contribution in [1.82, 2.24) is 15.1 Å². The average molecular weight is 329 g/mol. The monoisotopic (exact) mass is 329 g/mol. The number of aliphatic carboxylic acids is 1. The van der Waals surface area contributed by atoms with Crippen molar-refractivity contribution in [2.45, 2.75) is 44.9 Å². The number of para-hydroxylation sites is 1. The van der Waals surface area contributed by atoms with E-state index in [0.29, 0.717) is 18.2 Å². The maximum Gasteiger partial charge on any atom is 0.344 e. The maximum absolute atomic E-state index is 11.0. The number of hydrogen-bond acceptors (Lipinski definition) is 4. The van der Waals surface area contributed by atoms with Gasteiger partial charge in [-0.3, -0.25) is 10.00 Å². The Kier molecular flexibility index (Phi) is 4.85. The Labute approximate surface area is 141 Å². The Bertz CT molecular complexity index is 709. The first kappa shape index (κ1) is 16.5. The molecule has 0 aliphatic heterocycles. The fraction of sp³-hybridized carbons (Fsp3) is 0.444. The summed E-state index contributed by atoms with van der Waals surface area (Å²) in [6, 6.07) is 9.70. The quantitative estimate of drug-likeness (QED) is 0.778. The fourth-order valence-electron chi connectivity index (χ4n) is 2.68. The molecule has 1 fully saturated rings. The summed E-state index contributed by atoms with van der Waals surface area (Å²) >= 11 is 0. The van der Waals surface area contributed by atoms with Crippen LogP contribution in [-0.4, -0.2) is 39.3 Å². The van der Waals surface area contributed by atoms with E-state index >= 15 is 0 Å². The van der Waals surface area contributed by atoms with Crippen molar-refractivity contribution in [2.75, 3.05) is 7.05 Å². The molecule has 0 bridgehead atoms. The Balaban J connectivity index is 1.62. The summed E-state index contributed by atoms with van der Waals surface area (Å²) in [6.07, 6.45) is 1.62. The van der Waals surface area contributed by atoms with E-state index in [0.717, 1.165) is 23.5 Å². The van der Waals surface area contributed by atoms with Crippen LogP contribution in [0.15, 0.2) is 30.3 Å². The maximum atomic E-state index is 11.0. The number of rotatable bonds is 8. The van der Waals surface area contributed by atoms with E-state index in [1.165, 1.54) is 19.8 Å². The highest BCUT2D eigenvalue weighted by Gasteiger charge is 2.26. The first-order valence-corrected chi connectivity index (χ1v) is 8.23. The topological polar surface area (TPSA) is 78.5 Å². The van der Waals surface area contributed by atoms with Gasteiger partial charge in [-0.05, 0) is 38.9 Å². The van der Waals surface area contributed by atoms with Crippen LogP contribution in [0, 0.1) is 0 Å². The summed E-state index contributed by atoms with van der Waals surface area (Å²) in [7, 11) is 2.02. The number of ether oxygens (including phenoxy) is 1. The molecule has 1 atom stereocenters. The Hall–Kier alpha value is -2.34. The Morgan fingerprint density at radius 3 is 2.88 bits per heavy atom. The molecule has 6 heteroatoms. The van der Waals surface area contributed by atoms with Crippen molar-refractivity contribution in [1.29, 1.82) is 0 Å². The summed E-state index contributed by atoms with van der Waals surface area (Å²) in [4.78, 5) is 13.1. The standard InChI is InChI=1S/C18H23N3O3/c1-12(18(22)23)24-17-6-4-3-5-14(17)10-21(2)11-15-9-16(20-19-15)13-7-8-13/h3-6,9,12-13H,7-8,10-11H2,1-2H3,(H,19,20)(H,22,23)/t12-/m1/s1. The number of hydrogen-bond donors (Lipinski definition) is 2. The van der Waals surface area contributed by atoms with E-state index in [2.05, 4.69) is 21.2 Å². The third-order valence-electron chi connectivity index (χ3n) is 4.15. The van der Waals surface area contributed by atoms with Crippen molar-refractivity contribution in [2.24, 2.45) is 0 Å². The van der Waals surface area contributed by atoms with Gasteiger partial charge >= 0.3 is 5.97 Å². The molecule has 1 aromatic heterocycles. The summed E-state index contributed by atoms with van der Waals surface area (Å²) in [5, 5.41) is 16.5. The Morgan fingerprint density at radius 2 is 2.17 bits per heavy atom. The average Bonchev–Trinajstić information content (AvgIpc) is 3.29. The van der Waals surface area contributed by atoms with E-state index in [1.54, 1.807) is 0 Å². The largest absolute Gasteiger partial charge is 0.479 e. The van der Waals surface area contributed by atoms with Crippen LogP contribution in [0.1, 0.15) is 42.6 Å². The van der Waals surface area contributed by atoms with Gasteiger partial charge in [-0.2, -0.15) is 5.10 Å². The van der Waals surface area contributed by atoms with Crippen molar-refractivity contribution >= 4 is 5.97 Å². The second-order valence-electron chi connectivity index (χ2n) is 6.47. The van der Waals surface area contributed by atoms with Crippen LogP contribution >= 0.6 is 0 Å². The molecule has 1 heterocycles. The molecule has 0 saturated heterocycles. The molecule has 6 nitrogen and oxygen atoms in total. The third kappa shape index (κ3) is 4.14. The SMILES string of the molecule is C[C@@H](Oc1ccccc1CN(C)Cc1cc(C2CC2)n[nH]1)C(=O)O. The van der Waals surface area contributed by atoms with Gasteiger partial charge in [-0.25, -0.2) is 4.79 Å². The number of aromatic nitrogens is 2. The molecule has 0 amide bonds. The van der Waals surface area contributed by atoms with E-state index in [4.69, 9.17) is 9.84 Å². The molecule has 0 radical (unpaired) electrons. The van der Waals surface area contributed by atoms with E-state index in [9.17, 15) is 4.79 Å². The van der Waals surface area contributed by atoms with Crippen LogP contribution in [0.25, 0.3) is 0 Å². The van der Waals surface area contributed by atoms with Crippen LogP contribution in [0.3, 0.4) is 0 Å². The predicted octanol–water partition coefficient (Wildman–Crippen LogP) is 2.77. The van der Waals surface area contributed by atoms with Crippen LogP contribution in [0.4, 0.5) is 0 Å². The highest BCUT2D eigenvalue weighted by atomic mass is 16.5. The third-order valence-corrected chi connectivity index (χ3v) is 4.15. The minimum atomic E-state index is -0.969. The van der Waals surface area contributed by atoms with Gasteiger partial charge in [0.25, 0.3) is 0 Å². The Morgan fingerprint density at radius 1 is 1.42 bits per heavy atom. The molecule has 2 N–H and O–H groups in total. The smallest absolute Gasteiger partial charge is 0.344 e. The molecule has 1 aromatic carbocycles. The number of nitrogens with one attached hydrogen (secondary N) is 1. The summed E-state index contributed by atoms with van der Waals surface area (Å²) in [5.41, 5.74) is 3.23. The van der Waals surface area contributed by atoms with Gasteiger partial charge in [-0.1, -0.05) is 18.2 Å². The van der Waals surface area contributed by atoms with Crippen LogP contribution in [0.5, 0.6) is 5.75 Å². The van der Waals surface area contributed by atoms with Gasteiger partial charge in [-0.15, -0.1) is 0 Å².